The van der Waals surface area contributed by atoms with Gasteiger partial charge in [0.25, 0.3) is 5.24 Å². The van der Waals surface area contributed by atoms with Crippen molar-refractivity contribution in [2.24, 2.45) is 5.92 Å². The maximum Gasteiger partial charge on any atom is 0.279 e. The summed E-state index contributed by atoms with van der Waals surface area (Å²) in [7, 11) is 0. The van der Waals surface area contributed by atoms with Crippen LogP contribution in [0.4, 0.5) is 4.79 Å². The lowest BCUT2D eigenvalue weighted by Crippen LogP contribution is -2.44. The molecule has 2 atom stereocenters. The minimum absolute atomic E-state index is 0.0267. The molecule has 2 amide bonds. The molecule has 90 valence electrons. The van der Waals surface area contributed by atoms with Crippen LogP contribution in [-0.4, -0.2) is 52.6 Å². The van der Waals surface area contributed by atoms with Crippen molar-refractivity contribution in [2.75, 3.05) is 25.4 Å². The highest BCUT2D eigenvalue weighted by atomic mass is 32.2. The van der Waals surface area contributed by atoms with E-state index in [1.54, 1.807) is 4.90 Å². The monoisotopic (exact) mass is 244 g/mol. The average Bonchev–Trinajstić information content (AvgIpc) is 2.87. The number of thioether (sulfide) groups is 1. The van der Waals surface area contributed by atoms with E-state index in [1.165, 1.54) is 11.8 Å². The number of aliphatic hydroxyl groups excluding tert-OH is 1. The lowest BCUT2D eigenvalue weighted by molar-refractivity contribution is -0.131. The number of rotatable bonds is 3. The van der Waals surface area contributed by atoms with Crippen molar-refractivity contribution in [1.29, 1.82) is 0 Å². The van der Waals surface area contributed by atoms with Crippen LogP contribution >= 0.6 is 11.8 Å². The summed E-state index contributed by atoms with van der Waals surface area (Å²) in [6.07, 6.45) is 1.72. The van der Waals surface area contributed by atoms with Crippen molar-refractivity contribution in [3.8, 4) is 0 Å². The lowest BCUT2D eigenvalue weighted by Gasteiger charge is -2.19. The zero-order valence-corrected chi connectivity index (χ0v) is 9.83. The van der Waals surface area contributed by atoms with Gasteiger partial charge in [-0.25, -0.2) is 0 Å². The van der Waals surface area contributed by atoms with Crippen LogP contribution in [0, 0.1) is 5.92 Å². The van der Waals surface area contributed by atoms with E-state index in [0.717, 1.165) is 25.9 Å². The van der Waals surface area contributed by atoms with Gasteiger partial charge >= 0.3 is 0 Å². The summed E-state index contributed by atoms with van der Waals surface area (Å²) in [5, 5.41) is 11.4. The van der Waals surface area contributed by atoms with E-state index in [1.807, 2.05) is 0 Å². The second kappa shape index (κ2) is 5.05. The highest BCUT2D eigenvalue weighted by Gasteiger charge is 2.34. The van der Waals surface area contributed by atoms with Gasteiger partial charge in [-0.2, -0.15) is 0 Å². The Hall–Kier alpha value is -0.750. The van der Waals surface area contributed by atoms with Crippen molar-refractivity contribution in [1.82, 2.24) is 10.2 Å². The standard InChI is InChI=1S/C10H16N2O3S/c13-4-2-7-1-3-12(5-7)9(14)8-6-16-10(15)11-8/h7-8,13H,1-6H2,(H,11,15). The number of nitrogens with zero attached hydrogens (tertiary/aromatic N) is 1. The number of aliphatic hydroxyl groups is 1. The summed E-state index contributed by atoms with van der Waals surface area (Å²) in [5.41, 5.74) is 0. The maximum atomic E-state index is 12.0. The Balaban J connectivity index is 1.84. The second-order valence-electron chi connectivity index (χ2n) is 4.25. The Morgan fingerprint density at radius 2 is 2.44 bits per heavy atom. The highest BCUT2D eigenvalue weighted by molar-refractivity contribution is 8.14. The lowest BCUT2D eigenvalue weighted by atomic mass is 10.1. The van der Waals surface area contributed by atoms with E-state index in [9.17, 15) is 9.59 Å². The van der Waals surface area contributed by atoms with Gasteiger partial charge in [0.15, 0.2) is 0 Å². The number of hydrogen-bond acceptors (Lipinski definition) is 4. The maximum absolute atomic E-state index is 12.0. The summed E-state index contributed by atoms with van der Waals surface area (Å²) < 4.78 is 0. The van der Waals surface area contributed by atoms with E-state index in [2.05, 4.69) is 5.32 Å². The molecule has 2 aliphatic heterocycles. The van der Waals surface area contributed by atoms with E-state index >= 15 is 0 Å². The zero-order chi connectivity index (χ0) is 11.5. The van der Waals surface area contributed by atoms with E-state index in [4.69, 9.17) is 5.11 Å². The van der Waals surface area contributed by atoms with Gasteiger partial charge < -0.3 is 15.3 Å². The summed E-state index contributed by atoms with van der Waals surface area (Å²) in [6.45, 7) is 1.65. The first kappa shape index (κ1) is 11.7. The SMILES string of the molecule is O=C1NC(C(=O)N2CCC(CCO)C2)CS1. The quantitative estimate of drug-likeness (QED) is 0.735. The van der Waals surface area contributed by atoms with Crippen LogP contribution in [0.1, 0.15) is 12.8 Å². The van der Waals surface area contributed by atoms with Gasteiger partial charge in [0.2, 0.25) is 5.91 Å². The molecule has 6 heteroatoms. The Morgan fingerprint density at radius 1 is 1.62 bits per heavy atom. The molecule has 0 radical (unpaired) electrons. The molecule has 2 aliphatic rings. The summed E-state index contributed by atoms with van der Waals surface area (Å²) in [6, 6.07) is -0.342. The van der Waals surface area contributed by atoms with Crippen LogP contribution in [0.5, 0.6) is 0 Å². The minimum Gasteiger partial charge on any atom is -0.396 e. The summed E-state index contributed by atoms with van der Waals surface area (Å²) in [4.78, 5) is 24.8. The van der Waals surface area contributed by atoms with Gasteiger partial charge in [0.05, 0.1) is 0 Å². The Morgan fingerprint density at radius 3 is 3.06 bits per heavy atom. The largest absolute Gasteiger partial charge is 0.396 e. The molecule has 0 saturated carbocycles. The first-order chi connectivity index (χ1) is 7.70. The van der Waals surface area contributed by atoms with Crippen LogP contribution in [0.3, 0.4) is 0 Å². The fourth-order valence-electron chi connectivity index (χ4n) is 2.19. The van der Waals surface area contributed by atoms with Gasteiger partial charge in [-0.1, -0.05) is 11.8 Å². The van der Waals surface area contributed by atoms with E-state index < -0.39 is 0 Å². The fourth-order valence-corrected chi connectivity index (χ4v) is 2.96. The molecule has 0 aromatic carbocycles. The molecular formula is C10H16N2O3S. The second-order valence-corrected chi connectivity index (χ2v) is 5.24. The van der Waals surface area contributed by atoms with Crippen LogP contribution in [0.25, 0.3) is 0 Å². The molecule has 0 aliphatic carbocycles. The molecule has 0 spiro atoms. The number of carbonyl (C=O) groups excluding carboxylic acids is 2. The van der Waals surface area contributed by atoms with Gasteiger partial charge in [0.1, 0.15) is 6.04 Å². The van der Waals surface area contributed by atoms with Gasteiger partial charge in [0, 0.05) is 25.4 Å². The highest BCUT2D eigenvalue weighted by Crippen LogP contribution is 2.22. The molecular weight excluding hydrogens is 228 g/mol. The molecule has 0 aromatic rings. The zero-order valence-electron chi connectivity index (χ0n) is 9.02. The van der Waals surface area contributed by atoms with Crippen molar-refractivity contribution < 1.29 is 14.7 Å². The predicted molar refractivity (Wildman–Crippen MR) is 61.2 cm³/mol. The van der Waals surface area contributed by atoms with Crippen LogP contribution in [-0.2, 0) is 4.79 Å². The molecule has 2 N–H and O–H groups in total. The molecule has 2 heterocycles. The fraction of sp³-hybridized carbons (Fsp3) is 0.800. The molecule has 2 rings (SSSR count). The van der Waals surface area contributed by atoms with Crippen molar-refractivity contribution in [2.45, 2.75) is 18.9 Å². The average molecular weight is 244 g/mol. The normalized spacial score (nSPS) is 29.6. The molecule has 2 unspecified atom stereocenters. The molecule has 0 bridgehead atoms. The summed E-state index contributed by atoms with van der Waals surface area (Å²) >= 11 is 1.17. The predicted octanol–water partition coefficient (Wildman–Crippen LogP) is 0.0423. The van der Waals surface area contributed by atoms with E-state index in [0.29, 0.717) is 11.7 Å². The van der Waals surface area contributed by atoms with Crippen molar-refractivity contribution in [3.05, 3.63) is 0 Å². The van der Waals surface area contributed by atoms with Crippen molar-refractivity contribution in [3.63, 3.8) is 0 Å². The van der Waals surface area contributed by atoms with E-state index in [-0.39, 0.29) is 23.8 Å². The topological polar surface area (TPSA) is 69.6 Å². The Kier molecular flexibility index (Phi) is 3.70. The summed E-state index contributed by atoms with van der Waals surface area (Å²) in [5.74, 6) is 0.983. The van der Waals surface area contributed by atoms with Gasteiger partial charge in [-0.05, 0) is 18.8 Å². The molecule has 16 heavy (non-hydrogen) atoms. The first-order valence-corrected chi connectivity index (χ1v) is 6.52. The first-order valence-electron chi connectivity index (χ1n) is 5.53. The molecule has 2 saturated heterocycles. The number of hydrogen-bond donors (Lipinski definition) is 2. The number of amides is 2. The van der Waals surface area contributed by atoms with Crippen LogP contribution in [0.15, 0.2) is 0 Å². The number of nitrogens with one attached hydrogen (secondary N) is 1. The van der Waals surface area contributed by atoms with Crippen molar-refractivity contribution >= 4 is 22.9 Å². The third kappa shape index (κ3) is 2.49. The molecule has 5 nitrogen and oxygen atoms in total. The molecule has 2 fully saturated rings. The van der Waals surface area contributed by atoms with Crippen LogP contribution < -0.4 is 5.32 Å². The smallest absolute Gasteiger partial charge is 0.279 e. The van der Waals surface area contributed by atoms with Gasteiger partial charge in [-0.15, -0.1) is 0 Å². The van der Waals surface area contributed by atoms with Gasteiger partial charge in [-0.3, -0.25) is 9.59 Å². The third-order valence-corrected chi connectivity index (χ3v) is 3.99. The number of carbonyl (C=O) groups is 2. The molecule has 0 aromatic heterocycles. The third-order valence-electron chi connectivity index (χ3n) is 3.11. The minimum atomic E-state index is -0.342. The number of likely N-dealkylation sites (tertiary alicyclic amines) is 1. The van der Waals surface area contributed by atoms with Crippen LogP contribution in [0.2, 0.25) is 0 Å². The Bertz CT molecular complexity index is 298. The Labute approximate surface area is 98.6 Å².